The number of aryl methyl sites for hydroxylation is 1. The number of methoxy groups -OCH3 is 1. The summed E-state index contributed by atoms with van der Waals surface area (Å²) >= 11 is 4.49. The van der Waals surface area contributed by atoms with Crippen LogP contribution < -0.4 is 9.04 Å². The number of benzene rings is 1. The highest BCUT2D eigenvalue weighted by Crippen LogP contribution is 2.30. The molecule has 108 valence electrons. The van der Waals surface area contributed by atoms with Crippen molar-refractivity contribution in [3.8, 4) is 5.75 Å². The quantitative estimate of drug-likeness (QED) is 0.817. The summed E-state index contributed by atoms with van der Waals surface area (Å²) in [5.41, 5.74) is 0. The molecule has 1 aromatic heterocycles. The second-order valence-electron chi connectivity index (χ2n) is 3.87. The first-order valence-corrected chi connectivity index (χ1v) is 8.54. The van der Waals surface area contributed by atoms with Gasteiger partial charge in [-0.25, -0.2) is 12.7 Å². The van der Waals surface area contributed by atoms with Gasteiger partial charge in [0.15, 0.2) is 0 Å². The van der Waals surface area contributed by atoms with E-state index in [1.54, 1.807) is 13.0 Å². The SMILES string of the molecule is COc1ccc(S(=O)(=O)N(C)c2nnc(C)s2)cc1Br. The number of sulfonamides is 1. The molecular formula is C11H12BrN3O3S2. The molecule has 0 aliphatic rings. The molecule has 2 aromatic rings. The molecular weight excluding hydrogens is 366 g/mol. The summed E-state index contributed by atoms with van der Waals surface area (Å²) in [5.74, 6) is 0.568. The molecule has 0 fully saturated rings. The highest BCUT2D eigenvalue weighted by molar-refractivity contribution is 9.10. The molecule has 6 nitrogen and oxygen atoms in total. The molecule has 0 spiro atoms. The summed E-state index contributed by atoms with van der Waals surface area (Å²) in [5, 5.41) is 8.70. The number of aromatic nitrogens is 2. The van der Waals surface area contributed by atoms with Gasteiger partial charge in [-0.2, -0.15) is 0 Å². The van der Waals surface area contributed by atoms with Crippen LogP contribution in [0, 0.1) is 6.92 Å². The number of rotatable bonds is 4. The van der Waals surface area contributed by atoms with E-state index in [4.69, 9.17) is 4.74 Å². The zero-order valence-corrected chi connectivity index (χ0v) is 14.2. The number of nitrogens with zero attached hydrogens (tertiary/aromatic N) is 3. The van der Waals surface area contributed by atoms with Crippen molar-refractivity contribution in [3.05, 3.63) is 27.7 Å². The van der Waals surface area contributed by atoms with Crippen LogP contribution in [0.3, 0.4) is 0 Å². The lowest BCUT2D eigenvalue weighted by atomic mass is 10.3. The fourth-order valence-corrected chi connectivity index (χ4v) is 4.20. The standard InChI is InChI=1S/C11H12BrN3O3S2/c1-7-13-14-11(19-7)15(2)20(16,17)8-4-5-10(18-3)9(12)6-8/h4-6H,1-3H3. The highest BCUT2D eigenvalue weighted by Gasteiger charge is 2.24. The lowest BCUT2D eigenvalue weighted by Gasteiger charge is -2.16. The molecule has 9 heteroatoms. The zero-order valence-electron chi connectivity index (χ0n) is 11.0. The minimum absolute atomic E-state index is 0.153. The topological polar surface area (TPSA) is 72.4 Å². The van der Waals surface area contributed by atoms with E-state index in [-0.39, 0.29) is 4.90 Å². The molecule has 0 radical (unpaired) electrons. The zero-order chi connectivity index (χ0) is 14.9. The largest absolute Gasteiger partial charge is 0.496 e. The van der Waals surface area contributed by atoms with Gasteiger partial charge in [0.2, 0.25) is 5.13 Å². The first kappa shape index (κ1) is 15.2. The van der Waals surface area contributed by atoms with Crippen LogP contribution in [-0.2, 0) is 10.0 Å². The van der Waals surface area contributed by atoms with E-state index >= 15 is 0 Å². The van der Waals surface area contributed by atoms with Gasteiger partial charge < -0.3 is 4.74 Å². The molecule has 0 bridgehead atoms. The first-order valence-electron chi connectivity index (χ1n) is 5.49. The van der Waals surface area contributed by atoms with Crippen LogP contribution in [0.15, 0.2) is 27.6 Å². The first-order chi connectivity index (χ1) is 9.36. The van der Waals surface area contributed by atoms with Gasteiger partial charge in [-0.05, 0) is 41.1 Å². The second-order valence-corrected chi connectivity index (χ2v) is 7.86. The Labute approximate surface area is 129 Å². The Hall–Kier alpha value is -1.19. The van der Waals surface area contributed by atoms with Crippen molar-refractivity contribution in [2.45, 2.75) is 11.8 Å². The van der Waals surface area contributed by atoms with Crippen molar-refractivity contribution in [3.63, 3.8) is 0 Å². The van der Waals surface area contributed by atoms with Gasteiger partial charge in [0.05, 0.1) is 16.5 Å². The second kappa shape index (κ2) is 5.66. The number of anilines is 1. The lowest BCUT2D eigenvalue weighted by molar-refractivity contribution is 0.411. The Balaban J connectivity index is 2.42. The Morgan fingerprint density at radius 2 is 2.05 bits per heavy atom. The van der Waals surface area contributed by atoms with Crippen LogP contribution in [0.2, 0.25) is 0 Å². The van der Waals surface area contributed by atoms with Gasteiger partial charge >= 0.3 is 0 Å². The van der Waals surface area contributed by atoms with E-state index in [1.807, 2.05) is 0 Å². The fraction of sp³-hybridized carbons (Fsp3) is 0.273. The molecule has 2 rings (SSSR count). The Bertz CT molecular complexity index is 730. The minimum Gasteiger partial charge on any atom is -0.496 e. The minimum atomic E-state index is -3.67. The molecule has 0 aliphatic heterocycles. The van der Waals surface area contributed by atoms with Crippen molar-refractivity contribution in [2.24, 2.45) is 0 Å². The maximum absolute atomic E-state index is 12.5. The molecule has 0 aliphatic carbocycles. The molecule has 1 heterocycles. The summed E-state index contributed by atoms with van der Waals surface area (Å²) in [6.07, 6.45) is 0. The van der Waals surface area contributed by atoms with Crippen molar-refractivity contribution < 1.29 is 13.2 Å². The van der Waals surface area contributed by atoms with E-state index in [1.165, 1.54) is 37.6 Å². The molecule has 1 aromatic carbocycles. The van der Waals surface area contributed by atoms with Gasteiger partial charge in [-0.3, -0.25) is 0 Å². The number of hydrogen-bond donors (Lipinski definition) is 0. The van der Waals surface area contributed by atoms with Crippen LogP contribution in [0.25, 0.3) is 0 Å². The summed E-state index contributed by atoms with van der Waals surface area (Å²) in [6, 6.07) is 4.58. The van der Waals surface area contributed by atoms with E-state index in [0.717, 1.165) is 4.31 Å². The van der Waals surface area contributed by atoms with E-state index in [2.05, 4.69) is 26.1 Å². The Morgan fingerprint density at radius 1 is 1.35 bits per heavy atom. The van der Waals surface area contributed by atoms with Crippen LogP contribution >= 0.6 is 27.3 Å². The summed E-state index contributed by atoms with van der Waals surface area (Å²) in [4.78, 5) is 0.153. The molecule has 0 amide bonds. The normalized spacial score (nSPS) is 11.4. The molecule has 0 N–H and O–H groups in total. The van der Waals surface area contributed by atoms with Gasteiger partial charge in [0, 0.05) is 7.05 Å². The molecule has 0 saturated carbocycles. The van der Waals surface area contributed by atoms with E-state index in [0.29, 0.717) is 20.4 Å². The predicted molar refractivity (Wildman–Crippen MR) is 80.9 cm³/mol. The van der Waals surface area contributed by atoms with Crippen LogP contribution in [0.4, 0.5) is 5.13 Å². The van der Waals surface area contributed by atoms with Crippen LogP contribution in [-0.4, -0.2) is 32.8 Å². The van der Waals surface area contributed by atoms with E-state index in [9.17, 15) is 8.42 Å². The predicted octanol–water partition coefficient (Wildman–Crippen LogP) is 2.44. The van der Waals surface area contributed by atoms with E-state index < -0.39 is 10.0 Å². The third-order valence-corrected chi connectivity index (χ3v) is 5.96. The third kappa shape index (κ3) is 2.79. The van der Waals surface area contributed by atoms with Gasteiger partial charge in [0.1, 0.15) is 10.8 Å². The van der Waals surface area contributed by atoms with Crippen molar-refractivity contribution in [1.29, 1.82) is 0 Å². The Kier molecular flexibility index (Phi) is 4.31. The third-order valence-electron chi connectivity index (χ3n) is 2.57. The molecule has 0 atom stereocenters. The number of halogens is 1. The smallest absolute Gasteiger partial charge is 0.265 e. The van der Waals surface area contributed by atoms with Crippen LogP contribution in [0.1, 0.15) is 5.01 Å². The van der Waals surface area contributed by atoms with Crippen LogP contribution in [0.5, 0.6) is 5.75 Å². The van der Waals surface area contributed by atoms with Crippen molar-refractivity contribution in [2.75, 3.05) is 18.5 Å². The highest BCUT2D eigenvalue weighted by atomic mass is 79.9. The average Bonchev–Trinajstić information content (AvgIpc) is 2.84. The fourth-order valence-electron chi connectivity index (χ4n) is 1.48. The number of hydrogen-bond acceptors (Lipinski definition) is 6. The molecule has 0 saturated heterocycles. The molecule has 20 heavy (non-hydrogen) atoms. The summed E-state index contributed by atoms with van der Waals surface area (Å²) in [7, 11) is -0.700. The summed E-state index contributed by atoms with van der Waals surface area (Å²) < 4.78 is 31.8. The average molecular weight is 378 g/mol. The number of ether oxygens (including phenoxy) is 1. The van der Waals surface area contributed by atoms with Gasteiger partial charge in [0.25, 0.3) is 10.0 Å². The maximum Gasteiger partial charge on any atom is 0.265 e. The molecule has 0 unspecified atom stereocenters. The van der Waals surface area contributed by atoms with Crippen molar-refractivity contribution >= 4 is 42.4 Å². The Morgan fingerprint density at radius 3 is 2.55 bits per heavy atom. The van der Waals surface area contributed by atoms with Crippen molar-refractivity contribution in [1.82, 2.24) is 10.2 Å². The van der Waals surface area contributed by atoms with Gasteiger partial charge in [-0.1, -0.05) is 11.3 Å². The monoisotopic (exact) mass is 377 g/mol. The summed E-state index contributed by atoms with van der Waals surface area (Å²) in [6.45, 7) is 1.77. The lowest BCUT2D eigenvalue weighted by Crippen LogP contribution is -2.26. The maximum atomic E-state index is 12.5. The van der Waals surface area contributed by atoms with Gasteiger partial charge in [-0.15, -0.1) is 10.2 Å².